The van der Waals surface area contributed by atoms with E-state index in [2.05, 4.69) is 36.2 Å². The second-order valence-corrected chi connectivity index (χ2v) is 7.33. The van der Waals surface area contributed by atoms with Crippen molar-refractivity contribution in [3.63, 3.8) is 0 Å². The summed E-state index contributed by atoms with van der Waals surface area (Å²) in [6.45, 7) is 2.21. The van der Waals surface area contributed by atoms with Crippen LogP contribution in [-0.4, -0.2) is 4.98 Å². The smallest absolute Gasteiger partial charge is 0.190 e. The van der Waals surface area contributed by atoms with E-state index in [1.807, 2.05) is 0 Å². The average molecular weight is 343 g/mol. The normalized spacial score (nSPS) is 20.6. The molecular weight excluding hydrogens is 316 g/mol. The SMILES string of the molecule is CCCc1ccc(C2CCC(CCc3ccc(F)nc3F)CC2)cc1. The Morgan fingerprint density at radius 1 is 0.920 bits per heavy atom. The van der Waals surface area contributed by atoms with Gasteiger partial charge in [0.15, 0.2) is 0 Å². The molecule has 1 nitrogen and oxygen atoms in total. The largest absolute Gasteiger partial charge is 0.218 e. The molecule has 1 aromatic carbocycles. The average Bonchev–Trinajstić information content (AvgIpc) is 2.62. The first kappa shape index (κ1) is 18.0. The first-order valence-corrected chi connectivity index (χ1v) is 9.55. The maximum Gasteiger partial charge on any atom is 0.218 e. The lowest BCUT2D eigenvalue weighted by atomic mass is 9.77. The predicted molar refractivity (Wildman–Crippen MR) is 97.6 cm³/mol. The van der Waals surface area contributed by atoms with Gasteiger partial charge in [-0.25, -0.2) is 0 Å². The quantitative estimate of drug-likeness (QED) is 0.567. The number of nitrogens with zero attached hydrogens (tertiary/aromatic N) is 1. The molecule has 2 aromatic rings. The molecule has 134 valence electrons. The van der Waals surface area contributed by atoms with Crippen LogP contribution in [0.25, 0.3) is 0 Å². The molecule has 3 heteroatoms. The fraction of sp³-hybridized carbons (Fsp3) is 0.500. The number of benzene rings is 1. The Morgan fingerprint density at radius 3 is 2.28 bits per heavy atom. The Balaban J connectivity index is 1.48. The van der Waals surface area contributed by atoms with Crippen molar-refractivity contribution in [2.45, 2.75) is 64.2 Å². The van der Waals surface area contributed by atoms with Crippen molar-refractivity contribution in [2.75, 3.05) is 0 Å². The van der Waals surface area contributed by atoms with Gasteiger partial charge in [-0.3, -0.25) is 0 Å². The summed E-state index contributed by atoms with van der Waals surface area (Å²) in [6, 6.07) is 11.9. The second-order valence-electron chi connectivity index (χ2n) is 7.33. The highest BCUT2D eigenvalue weighted by molar-refractivity contribution is 5.26. The van der Waals surface area contributed by atoms with Crippen LogP contribution in [0, 0.1) is 17.8 Å². The monoisotopic (exact) mass is 343 g/mol. The molecule has 0 atom stereocenters. The molecule has 0 amide bonds. The summed E-state index contributed by atoms with van der Waals surface area (Å²) in [5, 5.41) is 0. The highest BCUT2D eigenvalue weighted by Crippen LogP contribution is 2.37. The van der Waals surface area contributed by atoms with Crippen molar-refractivity contribution in [2.24, 2.45) is 5.92 Å². The zero-order valence-electron chi connectivity index (χ0n) is 15.0. The molecule has 25 heavy (non-hydrogen) atoms. The maximum absolute atomic E-state index is 13.6. The molecule has 0 aliphatic heterocycles. The zero-order valence-corrected chi connectivity index (χ0v) is 15.0. The Morgan fingerprint density at radius 2 is 1.64 bits per heavy atom. The Hall–Kier alpha value is -1.77. The third kappa shape index (κ3) is 4.87. The van der Waals surface area contributed by atoms with E-state index in [0.29, 0.717) is 23.8 Å². The number of aromatic nitrogens is 1. The summed E-state index contributed by atoms with van der Waals surface area (Å²) >= 11 is 0. The lowest BCUT2D eigenvalue weighted by Crippen LogP contribution is -2.14. The molecule has 0 spiro atoms. The summed E-state index contributed by atoms with van der Waals surface area (Å²) in [7, 11) is 0. The molecule has 1 heterocycles. The third-order valence-electron chi connectivity index (χ3n) is 5.55. The first-order chi connectivity index (χ1) is 12.2. The van der Waals surface area contributed by atoms with Gasteiger partial charge in [-0.15, -0.1) is 0 Å². The van der Waals surface area contributed by atoms with Crippen LogP contribution >= 0.6 is 0 Å². The van der Waals surface area contributed by atoms with E-state index in [0.717, 1.165) is 12.8 Å². The fourth-order valence-corrected chi connectivity index (χ4v) is 4.02. The summed E-state index contributed by atoms with van der Waals surface area (Å²) in [5.41, 5.74) is 3.43. The first-order valence-electron chi connectivity index (χ1n) is 9.55. The molecule has 0 bridgehead atoms. The van der Waals surface area contributed by atoms with E-state index in [-0.39, 0.29) is 0 Å². The minimum Gasteiger partial charge on any atom is -0.190 e. The third-order valence-corrected chi connectivity index (χ3v) is 5.55. The molecule has 1 aliphatic carbocycles. The minimum atomic E-state index is -0.744. The van der Waals surface area contributed by atoms with Gasteiger partial charge in [-0.05, 0) is 80.0 Å². The van der Waals surface area contributed by atoms with Gasteiger partial charge in [0.25, 0.3) is 0 Å². The number of pyridine rings is 1. The molecule has 0 radical (unpaired) electrons. The van der Waals surface area contributed by atoms with E-state index < -0.39 is 11.9 Å². The minimum absolute atomic E-state index is 0.537. The molecule has 0 saturated heterocycles. The molecule has 3 rings (SSSR count). The van der Waals surface area contributed by atoms with Gasteiger partial charge in [0.2, 0.25) is 11.9 Å². The summed E-state index contributed by atoms with van der Waals surface area (Å²) in [4.78, 5) is 3.28. The van der Waals surface area contributed by atoms with Crippen LogP contribution in [-0.2, 0) is 12.8 Å². The second kappa shape index (κ2) is 8.55. The Labute approximate surface area is 149 Å². The number of halogens is 2. The van der Waals surface area contributed by atoms with Crippen LogP contribution < -0.4 is 0 Å². The van der Waals surface area contributed by atoms with Gasteiger partial charge >= 0.3 is 0 Å². The van der Waals surface area contributed by atoms with Crippen LogP contribution in [0.2, 0.25) is 0 Å². The highest BCUT2D eigenvalue weighted by atomic mass is 19.1. The summed E-state index contributed by atoms with van der Waals surface area (Å²) in [5.74, 6) is -0.0937. The summed E-state index contributed by atoms with van der Waals surface area (Å²) < 4.78 is 26.5. The lowest BCUT2D eigenvalue weighted by molar-refractivity contribution is 0.309. The summed E-state index contributed by atoms with van der Waals surface area (Å²) in [6.07, 6.45) is 8.77. The highest BCUT2D eigenvalue weighted by Gasteiger charge is 2.22. The van der Waals surface area contributed by atoms with E-state index in [9.17, 15) is 8.78 Å². The van der Waals surface area contributed by atoms with Gasteiger partial charge < -0.3 is 0 Å². The topological polar surface area (TPSA) is 12.9 Å². The zero-order chi connectivity index (χ0) is 17.6. The Bertz CT molecular complexity index is 673. The molecule has 1 aliphatic rings. The number of hydrogen-bond donors (Lipinski definition) is 0. The fourth-order valence-electron chi connectivity index (χ4n) is 4.02. The molecule has 1 fully saturated rings. The van der Waals surface area contributed by atoms with E-state index >= 15 is 0 Å². The van der Waals surface area contributed by atoms with Crippen molar-refractivity contribution in [1.29, 1.82) is 0 Å². The van der Waals surface area contributed by atoms with Crippen LogP contribution in [0.5, 0.6) is 0 Å². The number of hydrogen-bond acceptors (Lipinski definition) is 1. The van der Waals surface area contributed by atoms with Crippen LogP contribution in [0.15, 0.2) is 36.4 Å². The van der Waals surface area contributed by atoms with Crippen LogP contribution in [0.3, 0.4) is 0 Å². The van der Waals surface area contributed by atoms with E-state index in [1.54, 1.807) is 0 Å². The van der Waals surface area contributed by atoms with Gasteiger partial charge in [0.1, 0.15) is 0 Å². The molecule has 1 aromatic heterocycles. The lowest BCUT2D eigenvalue weighted by Gasteiger charge is -2.29. The van der Waals surface area contributed by atoms with Crippen molar-refractivity contribution in [1.82, 2.24) is 4.98 Å². The predicted octanol–water partition coefficient (Wildman–Crippen LogP) is 6.22. The van der Waals surface area contributed by atoms with Gasteiger partial charge in [0.05, 0.1) is 0 Å². The van der Waals surface area contributed by atoms with Crippen molar-refractivity contribution < 1.29 is 8.78 Å². The molecule has 0 unspecified atom stereocenters. The Kier molecular flexibility index (Phi) is 6.17. The van der Waals surface area contributed by atoms with E-state index in [1.165, 1.54) is 55.4 Å². The van der Waals surface area contributed by atoms with Gasteiger partial charge in [-0.2, -0.15) is 13.8 Å². The number of aryl methyl sites for hydroxylation is 2. The standard InChI is InChI=1S/C22H27F2N/c1-2-3-16-4-9-18(10-5-16)19-11-6-17(7-12-19)8-13-20-14-15-21(23)25-22(20)24/h4-5,9-10,14-15,17,19H,2-3,6-8,11-13H2,1H3. The van der Waals surface area contributed by atoms with Crippen molar-refractivity contribution in [3.05, 3.63) is 65.0 Å². The van der Waals surface area contributed by atoms with Crippen molar-refractivity contribution >= 4 is 0 Å². The molecule has 1 saturated carbocycles. The maximum atomic E-state index is 13.6. The van der Waals surface area contributed by atoms with Crippen LogP contribution in [0.4, 0.5) is 8.78 Å². The molecular formula is C22H27F2N. The van der Waals surface area contributed by atoms with Gasteiger partial charge in [0, 0.05) is 5.56 Å². The van der Waals surface area contributed by atoms with E-state index in [4.69, 9.17) is 0 Å². The van der Waals surface area contributed by atoms with Crippen molar-refractivity contribution in [3.8, 4) is 0 Å². The number of rotatable bonds is 6. The van der Waals surface area contributed by atoms with Gasteiger partial charge in [-0.1, -0.05) is 37.6 Å². The van der Waals surface area contributed by atoms with Crippen LogP contribution in [0.1, 0.15) is 68.1 Å². The molecule has 0 N–H and O–H groups in total.